The molecule has 2 spiro atoms. The van der Waals surface area contributed by atoms with E-state index in [0.29, 0.717) is 100 Å². The molecule has 1 fully saturated rings. The van der Waals surface area contributed by atoms with Gasteiger partial charge in [-0.05, 0) is 186 Å². The van der Waals surface area contributed by atoms with Gasteiger partial charge in [-0.3, -0.25) is 0 Å². The smallest absolute Gasteiger partial charge is 0.199 e. The van der Waals surface area contributed by atoms with Crippen molar-refractivity contribution >= 4 is 65.4 Å². The Labute approximate surface area is 633 Å². The summed E-state index contributed by atoms with van der Waals surface area (Å²) in [6, 6.07) is 0. The fourth-order valence-corrected chi connectivity index (χ4v) is 31.0. The number of rotatable bonds is 2. The Hall–Kier alpha value is -8.62. The number of hydrogen-bond acceptors (Lipinski definition) is 0. The fraction of sp³-hybridized carbons (Fsp3) is 0.460. The molecule has 8 nitrogen and oxygen atoms in total. The van der Waals surface area contributed by atoms with Crippen molar-refractivity contribution in [2.45, 2.75) is 218 Å². The summed E-state index contributed by atoms with van der Waals surface area (Å²) in [4.78, 5) is 0. The van der Waals surface area contributed by atoms with Gasteiger partial charge in [0.15, 0.2) is 11.4 Å². The average molecular weight is 1410 g/mol. The number of allylic oxidation sites excluding steroid dienone is 25. The third-order valence-corrected chi connectivity index (χ3v) is 34.7. The van der Waals surface area contributed by atoms with Gasteiger partial charge >= 0.3 is 11.8 Å². The molecule has 4 aromatic rings. The van der Waals surface area contributed by atoms with E-state index in [9.17, 15) is 0 Å². The average Bonchev–Trinajstić information content (AvgIpc) is 1.45. The molecule has 18 atom stereocenters. The largest absolute Gasteiger partial charge is 0.553 e. The topological polar surface area (TPSA) is 31.8 Å². The maximum absolute atomic E-state index is 2.97. The standard InChI is InChI=1S/C54H58N4.C46H40N4/c1-27-18-38-44-29-11-15-35(51(4,5)24-29)48(44)42-22-43-49-36-17-13-31(26-53(36,8)9)46(49)40-21-39-45-30-12-16-34(52(6,7)25-30)47(45)41-20-37(32-19-28-10-14-33(32)50(2,3)23-28)55(27)54(56(38)42,57(39)41)58(40)43;1-23-18-34-40-26-6-8-28(9-7-26)42(40)36-21-38-44-30-14-16-31(17-15-30)45(44)39-22-37-43-29-12-10-27(11-13-29)41(43)35-20-33(32-19-24-2-4-25(32)5-3-24)47(23)46(48(34)36,49(35)37)50(38)39/h10-12,14-16,18-22,28-31,33-36H,13,17,23-26H2,1-9H3;2,4,6,8,10,12,14,16,18-22,24-31H,3,5,7,9,11,13,15,17H2,1H3/q2*+2/t28?,29?,30?,31?,33?,34?,35?,36?,54-;24?,25?,26?,27?,28?,29?,30?,31?,46-/m00/s1. The van der Waals surface area contributed by atoms with Crippen LogP contribution in [0.25, 0.3) is 42.5 Å². The van der Waals surface area contributed by atoms with Crippen LogP contribution in [-0.4, -0.2) is 59.4 Å². The van der Waals surface area contributed by atoms with Crippen LogP contribution in [0.15, 0.2) is 160 Å². The third kappa shape index (κ3) is 6.15. The van der Waals surface area contributed by atoms with E-state index in [4.69, 9.17) is 0 Å². The first-order chi connectivity index (χ1) is 52.3. The first-order valence-electron chi connectivity index (χ1n) is 43.1. The Bertz CT molecular complexity index is 6380. The molecule has 16 unspecified atom stereocenters. The molecule has 10 aliphatic heterocycles. The molecule has 38 rings (SSSR count). The second-order valence-electron chi connectivity index (χ2n) is 41.7. The van der Waals surface area contributed by atoms with E-state index in [-0.39, 0.29) is 16.2 Å². The molecule has 0 aromatic carbocycles. The highest BCUT2D eigenvalue weighted by Gasteiger charge is 2.77. The van der Waals surface area contributed by atoms with Crippen LogP contribution >= 0.6 is 0 Å². The van der Waals surface area contributed by atoms with Crippen molar-refractivity contribution in [2.24, 2.45) is 69.0 Å². The van der Waals surface area contributed by atoms with Gasteiger partial charge in [0.25, 0.3) is 0 Å². The minimum atomic E-state index is -0.624. The SMILES string of the molecule is CC1=Cc2c3c(c4n2[C@@]25n6c(c7c(c6=CC6=[N+]2C(=C4)C2=C6C4C=CC2CC4)C2C=CC7CC2)=CC(C2=CC4C=CC2CC4)=[N+]15)C1C=CC3CC1.CC1=Cc2c3c(c4n2[C@]25n6c(c7c(c6=C4)C4CCC7CC4(C)C)=CC4=[N+]2C(=CC(C2=CC6C=CC2C(C)(C)C6)=[N+]15)C1=C4C2C=CC1C(C)(C)C2)C1C=CC3CC1(C)C. The normalized spacial score (nSPS) is 39.4. The van der Waals surface area contributed by atoms with Crippen LogP contribution in [0.4, 0.5) is 0 Å². The summed E-state index contributed by atoms with van der Waals surface area (Å²) in [5.74, 6) is 6.68. The molecule has 0 radical (unpaired) electrons. The Morgan fingerprint density at radius 1 is 0.296 bits per heavy atom. The van der Waals surface area contributed by atoms with Gasteiger partial charge < -0.3 is 0 Å². The maximum atomic E-state index is 2.97. The monoisotopic (exact) mass is 1410 g/mol. The molecular weight excluding hydrogens is 1310 g/mol. The second kappa shape index (κ2) is 18.0. The van der Waals surface area contributed by atoms with E-state index in [0.717, 1.165) is 0 Å². The summed E-state index contributed by atoms with van der Waals surface area (Å²) in [6.07, 6.45) is 80.8. The molecule has 0 saturated heterocycles. The Morgan fingerprint density at radius 3 is 1.36 bits per heavy atom. The van der Waals surface area contributed by atoms with Crippen LogP contribution in [-0.2, 0) is 11.8 Å². The van der Waals surface area contributed by atoms with Crippen molar-refractivity contribution in [2.75, 3.05) is 0 Å². The van der Waals surface area contributed by atoms with Crippen molar-refractivity contribution in [1.82, 2.24) is 18.3 Å². The summed E-state index contributed by atoms with van der Waals surface area (Å²) >= 11 is 0. The fourth-order valence-electron chi connectivity index (χ4n) is 31.0. The van der Waals surface area contributed by atoms with E-state index in [1.54, 1.807) is 77.9 Å². The van der Waals surface area contributed by atoms with Gasteiger partial charge in [0.1, 0.15) is 0 Å². The number of aromatic nitrogens is 4. The van der Waals surface area contributed by atoms with Gasteiger partial charge in [0, 0.05) is 155 Å². The third-order valence-electron chi connectivity index (χ3n) is 34.7. The van der Waals surface area contributed by atoms with Crippen molar-refractivity contribution in [3.63, 3.8) is 0 Å². The van der Waals surface area contributed by atoms with Gasteiger partial charge in [-0.2, -0.15) is 18.3 Å². The van der Waals surface area contributed by atoms with Crippen LogP contribution in [0.1, 0.15) is 274 Å². The van der Waals surface area contributed by atoms with Crippen molar-refractivity contribution in [3.05, 3.63) is 248 Å². The van der Waals surface area contributed by atoms with Gasteiger partial charge in [-0.25, -0.2) is 0 Å². The van der Waals surface area contributed by atoms with Gasteiger partial charge in [0.05, 0.1) is 50.2 Å². The number of nitrogens with zero attached hydrogens (tertiary/aromatic N) is 8. The Balaban J connectivity index is 0.000000115. The number of fused-ring (bicyclic) bond motifs is 9. The Morgan fingerprint density at radius 2 is 0.769 bits per heavy atom. The quantitative estimate of drug-likeness (QED) is 0.142. The molecule has 534 valence electrons. The lowest BCUT2D eigenvalue weighted by Gasteiger charge is -2.48. The molecule has 8 heteroatoms. The van der Waals surface area contributed by atoms with Crippen LogP contribution in [0, 0.1) is 69.0 Å². The predicted octanol–water partition coefficient (Wildman–Crippen LogP) is 16.9. The molecule has 1 saturated carbocycles. The zero-order valence-corrected chi connectivity index (χ0v) is 64.6. The molecule has 24 aliphatic carbocycles. The molecule has 34 aliphatic rings. The molecule has 4 aromatic heterocycles. The minimum absolute atomic E-state index is 0.205. The zero-order valence-electron chi connectivity index (χ0n) is 64.6. The summed E-state index contributed by atoms with van der Waals surface area (Å²) in [6.45, 7) is 25.4. The van der Waals surface area contributed by atoms with Crippen LogP contribution in [0.5, 0.6) is 0 Å². The van der Waals surface area contributed by atoms with Crippen LogP contribution in [0.2, 0.25) is 0 Å². The highest BCUT2D eigenvalue weighted by atomic mass is 15.6. The van der Waals surface area contributed by atoms with E-state index in [1.165, 1.54) is 180 Å². The summed E-state index contributed by atoms with van der Waals surface area (Å²) < 4.78 is 23.4. The van der Waals surface area contributed by atoms with Crippen molar-refractivity contribution < 1.29 is 18.3 Å². The summed E-state index contributed by atoms with van der Waals surface area (Å²) in [5, 5.41) is 6.05. The molecule has 0 N–H and O–H groups in total. The van der Waals surface area contributed by atoms with E-state index in [1.807, 2.05) is 0 Å². The maximum Gasteiger partial charge on any atom is 0.553 e. The van der Waals surface area contributed by atoms with E-state index < -0.39 is 11.8 Å². The number of hydrogen-bond donors (Lipinski definition) is 0. The molecule has 0 amide bonds. The molecular formula is C100H98N8+4. The van der Waals surface area contributed by atoms with Crippen molar-refractivity contribution in [3.8, 4) is 0 Å². The van der Waals surface area contributed by atoms with Crippen LogP contribution in [0.3, 0.4) is 0 Å². The highest BCUT2D eigenvalue weighted by molar-refractivity contribution is 6.23. The van der Waals surface area contributed by atoms with Crippen LogP contribution < -0.4 is 21.4 Å². The first kappa shape index (κ1) is 59.3. The summed E-state index contributed by atoms with van der Waals surface area (Å²) in [7, 11) is 0. The highest BCUT2D eigenvalue weighted by Crippen LogP contribution is 2.67. The lowest BCUT2D eigenvalue weighted by Crippen LogP contribution is -2.70. The van der Waals surface area contributed by atoms with Gasteiger partial charge in [-0.1, -0.05) is 171 Å². The van der Waals surface area contributed by atoms with E-state index in [2.05, 4.69) is 252 Å². The minimum Gasteiger partial charge on any atom is -0.199 e. The first-order valence-corrected chi connectivity index (χ1v) is 43.1. The summed E-state index contributed by atoms with van der Waals surface area (Å²) in [5.41, 5.74) is 41.5. The van der Waals surface area contributed by atoms with Gasteiger partial charge in [-0.15, -0.1) is 0 Å². The Kier molecular flexibility index (Phi) is 9.90. The lowest BCUT2D eigenvalue weighted by molar-refractivity contribution is -0.839. The molecule has 16 bridgehead atoms. The predicted molar refractivity (Wildman–Crippen MR) is 428 cm³/mol. The zero-order chi connectivity index (χ0) is 71.0. The molecule has 108 heavy (non-hydrogen) atoms. The lowest BCUT2D eigenvalue weighted by atomic mass is 9.56. The van der Waals surface area contributed by atoms with Gasteiger partial charge in [0.2, 0.25) is 34.2 Å². The van der Waals surface area contributed by atoms with E-state index >= 15 is 0 Å². The second-order valence-corrected chi connectivity index (χ2v) is 41.7. The molecule has 14 heterocycles. The van der Waals surface area contributed by atoms with Crippen molar-refractivity contribution in [1.29, 1.82) is 0 Å².